The van der Waals surface area contributed by atoms with E-state index < -0.39 is 48.6 Å². The lowest BCUT2D eigenvalue weighted by Gasteiger charge is -2.09. The maximum atomic E-state index is 10.4. The summed E-state index contributed by atoms with van der Waals surface area (Å²) in [6.45, 7) is 0. The molecule has 0 unspecified atom stereocenters. The fourth-order valence-electron chi connectivity index (χ4n) is 1.04. The van der Waals surface area contributed by atoms with E-state index in [1.807, 2.05) is 0 Å². The molecule has 0 bridgehead atoms. The number of carboxylic acid groups (broad SMARTS) is 4. The Bertz CT molecular complexity index is 260. The Labute approximate surface area is 89.1 Å². The standard InChI is InChI=1S/C8H10O8/c9-5(10)3(6(11)12)1-2-4(7(13)14)8(15)16/h3-4H,1-2H2,(H,9,10)(H,11,12)(H,13,14)(H,15,16). The van der Waals surface area contributed by atoms with Gasteiger partial charge in [-0.3, -0.25) is 19.2 Å². The Kier molecular flexibility index (Phi) is 4.93. The first-order valence-corrected chi connectivity index (χ1v) is 4.18. The van der Waals surface area contributed by atoms with E-state index in [2.05, 4.69) is 0 Å². The van der Waals surface area contributed by atoms with Crippen LogP contribution in [0, 0.1) is 11.8 Å². The van der Waals surface area contributed by atoms with Crippen LogP contribution in [0.15, 0.2) is 0 Å². The van der Waals surface area contributed by atoms with E-state index in [0.717, 1.165) is 0 Å². The van der Waals surface area contributed by atoms with E-state index >= 15 is 0 Å². The number of carbonyl (C=O) groups is 4. The zero-order chi connectivity index (χ0) is 12.9. The van der Waals surface area contributed by atoms with Crippen LogP contribution < -0.4 is 0 Å². The molecule has 0 aromatic heterocycles. The number of hydrogen-bond donors (Lipinski definition) is 4. The van der Waals surface area contributed by atoms with Crippen molar-refractivity contribution in [1.29, 1.82) is 0 Å². The number of carboxylic acids is 4. The minimum Gasteiger partial charge on any atom is -0.481 e. The molecule has 0 saturated carbocycles. The minimum absolute atomic E-state index is 0.548. The maximum Gasteiger partial charge on any atom is 0.317 e. The van der Waals surface area contributed by atoms with Gasteiger partial charge in [0.1, 0.15) is 0 Å². The van der Waals surface area contributed by atoms with Gasteiger partial charge < -0.3 is 20.4 Å². The van der Waals surface area contributed by atoms with Crippen molar-refractivity contribution in [2.45, 2.75) is 12.8 Å². The average Bonchev–Trinajstić information content (AvgIpc) is 2.09. The Morgan fingerprint density at radius 3 is 0.938 bits per heavy atom. The summed E-state index contributed by atoms with van der Waals surface area (Å²) in [5.41, 5.74) is 0. The van der Waals surface area contributed by atoms with Gasteiger partial charge in [-0.2, -0.15) is 0 Å². The molecule has 0 aromatic carbocycles. The molecule has 0 rings (SSSR count). The second-order valence-corrected chi connectivity index (χ2v) is 3.04. The fraction of sp³-hybridized carbons (Fsp3) is 0.500. The quantitative estimate of drug-likeness (QED) is 0.424. The van der Waals surface area contributed by atoms with Gasteiger partial charge in [-0.05, 0) is 12.8 Å². The van der Waals surface area contributed by atoms with Crippen LogP contribution in [-0.2, 0) is 19.2 Å². The first kappa shape index (κ1) is 13.9. The Balaban J connectivity index is 4.50. The summed E-state index contributed by atoms with van der Waals surface area (Å²) in [5, 5.41) is 33.8. The molecule has 0 fully saturated rings. The highest BCUT2D eigenvalue weighted by Gasteiger charge is 2.31. The Morgan fingerprint density at radius 2 is 0.812 bits per heavy atom. The monoisotopic (exact) mass is 234 g/mol. The Hall–Kier alpha value is -2.12. The van der Waals surface area contributed by atoms with Crippen LogP contribution in [0.2, 0.25) is 0 Å². The van der Waals surface area contributed by atoms with Crippen molar-refractivity contribution < 1.29 is 39.6 Å². The van der Waals surface area contributed by atoms with Crippen LogP contribution in [-0.4, -0.2) is 44.3 Å². The van der Waals surface area contributed by atoms with Crippen molar-refractivity contribution in [3.05, 3.63) is 0 Å². The van der Waals surface area contributed by atoms with Gasteiger partial charge in [-0.1, -0.05) is 0 Å². The zero-order valence-electron chi connectivity index (χ0n) is 7.99. The molecule has 0 aromatic rings. The van der Waals surface area contributed by atoms with Crippen LogP contribution in [0.4, 0.5) is 0 Å². The lowest BCUT2D eigenvalue weighted by molar-refractivity contribution is -0.159. The van der Waals surface area contributed by atoms with Crippen molar-refractivity contribution in [3.8, 4) is 0 Å². The fourth-order valence-corrected chi connectivity index (χ4v) is 1.04. The summed E-state index contributed by atoms with van der Waals surface area (Å²) < 4.78 is 0. The summed E-state index contributed by atoms with van der Waals surface area (Å²) in [6, 6.07) is 0. The lowest BCUT2D eigenvalue weighted by atomic mass is 9.96. The molecule has 90 valence electrons. The van der Waals surface area contributed by atoms with Gasteiger partial charge in [0.15, 0.2) is 11.8 Å². The van der Waals surface area contributed by atoms with Crippen LogP contribution in [0.5, 0.6) is 0 Å². The van der Waals surface area contributed by atoms with Gasteiger partial charge in [0, 0.05) is 0 Å². The van der Waals surface area contributed by atoms with E-state index in [-0.39, 0.29) is 0 Å². The van der Waals surface area contributed by atoms with Crippen molar-refractivity contribution in [1.82, 2.24) is 0 Å². The third kappa shape index (κ3) is 3.95. The van der Waals surface area contributed by atoms with Gasteiger partial charge in [0.2, 0.25) is 0 Å². The number of rotatable bonds is 7. The Morgan fingerprint density at radius 1 is 0.625 bits per heavy atom. The van der Waals surface area contributed by atoms with Crippen molar-refractivity contribution in [2.75, 3.05) is 0 Å². The van der Waals surface area contributed by atoms with E-state index in [9.17, 15) is 19.2 Å². The maximum absolute atomic E-state index is 10.4. The molecule has 0 atom stereocenters. The predicted molar refractivity (Wildman–Crippen MR) is 46.8 cm³/mol. The topological polar surface area (TPSA) is 149 Å². The van der Waals surface area contributed by atoms with Gasteiger partial charge in [0.05, 0.1) is 0 Å². The highest BCUT2D eigenvalue weighted by molar-refractivity contribution is 5.94. The van der Waals surface area contributed by atoms with E-state index in [4.69, 9.17) is 20.4 Å². The SMILES string of the molecule is O=C(O)C(CCC(C(=O)O)C(=O)O)C(=O)O. The minimum atomic E-state index is -1.79. The zero-order valence-corrected chi connectivity index (χ0v) is 7.99. The van der Waals surface area contributed by atoms with Gasteiger partial charge in [-0.25, -0.2) is 0 Å². The summed E-state index contributed by atoms with van der Waals surface area (Å²) in [4.78, 5) is 41.7. The van der Waals surface area contributed by atoms with Crippen molar-refractivity contribution in [3.63, 3.8) is 0 Å². The molecule has 4 N–H and O–H groups in total. The normalized spacial score (nSPS) is 10.4. The average molecular weight is 234 g/mol. The lowest BCUT2D eigenvalue weighted by Crippen LogP contribution is -2.28. The summed E-state index contributed by atoms with van der Waals surface area (Å²) >= 11 is 0. The van der Waals surface area contributed by atoms with E-state index in [1.165, 1.54) is 0 Å². The molecule has 0 heterocycles. The van der Waals surface area contributed by atoms with Gasteiger partial charge in [-0.15, -0.1) is 0 Å². The van der Waals surface area contributed by atoms with Crippen LogP contribution >= 0.6 is 0 Å². The molecule has 0 aliphatic heterocycles. The molecule has 0 spiro atoms. The highest BCUT2D eigenvalue weighted by atomic mass is 16.4. The molecule has 16 heavy (non-hydrogen) atoms. The summed E-state index contributed by atoms with van der Waals surface area (Å²) in [5.74, 6) is -10.1. The second-order valence-electron chi connectivity index (χ2n) is 3.04. The molecule has 0 aliphatic rings. The molecular weight excluding hydrogens is 224 g/mol. The first-order valence-electron chi connectivity index (χ1n) is 4.18. The molecule has 8 nitrogen and oxygen atoms in total. The number of hydrogen-bond acceptors (Lipinski definition) is 4. The molecule has 0 saturated heterocycles. The highest BCUT2D eigenvalue weighted by Crippen LogP contribution is 2.14. The van der Waals surface area contributed by atoms with Crippen LogP contribution in [0.25, 0.3) is 0 Å². The van der Waals surface area contributed by atoms with Gasteiger partial charge in [0.25, 0.3) is 0 Å². The smallest absolute Gasteiger partial charge is 0.317 e. The van der Waals surface area contributed by atoms with Crippen LogP contribution in [0.3, 0.4) is 0 Å². The van der Waals surface area contributed by atoms with Gasteiger partial charge >= 0.3 is 23.9 Å². The summed E-state index contributed by atoms with van der Waals surface area (Å²) in [6.07, 6.45) is -1.10. The van der Waals surface area contributed by atoms with Crippen molar-refractivity contribution >= 4 is 23.9 Å². The largest absolute Gasteiger partial charge is 0.481 e. The molecule has 8 heteroatoms. The molecular formula is C8H10O8. The third-order valence-corrected chi connectivity index (χ3v) is 1.94. The van der Waals surface area contributed by atoms with E-state index in [1.54, 1.807) is 0 Å². The number of aliphatic carboxylic acids is 4. The molecule has 0 radical (unpaired) electrons. The van der Waals surface area contributed by atoms with Crippen LogP contribution in [0.1, 0.15) is 12.8 Å². The predicted octanol–water partition coefficient (Wildman–Crippen LogP) is -0.663. The van der Waals surface area contributed by atoms with E-state index in [0.29, 0.717) is 0 Å². The molecule has 0 amide bonds. The second kappa shape index (κ2) is 5.69. The summed E-state index contributed by atoms with van der Waals surface area (Å²) in [7, 11) is 0. The third-order valence-electron chi connectivity index (χ3n) is 1.94. The molecule has 0 aliphatic carbocycles. The van der Waals surface area contributed by atoms with Crippen molar-refractivity contribution in [2.24, 2.45) is 11.8 Å². The first-order chi connectivity index (χ1) is 7.27.